The lowest BCUT2D eigenvalue weighted by Gasteiger charge is -2.11. The molecule has 3 aromatic rings. The van der Waals surface area contributed by atoms with Crippen molar-refractivity contribution in [3.8, 4) is 11.5 Å². The minimum atomic E-state index is -0.158. The third-order valence-corrected chi connectivity index (χ3v) is 3.68. The molecule has 0 unspecified atom stereocenters. The number of nitrogens with one attached hydrogen (secondary N) is 1. The van der Waals surface area contributed by atoms with Crippen LogP contribution in [0.15, 0.2) is 60.7 Å². The molecule has 0 atom stereocenters. The van der Waals surface area contributed by atoms with E-state index >= 15 is 0 Å². The second-order valence-electron chi connectivity index (χ2n) is 5.05. The number of methoxy groups -OCH3 is 2. The molecule has 0 radical (unpaired) electrons. The Morgan fingerprint density at radius 2 is 1.61 bits per heavy atom. The second kappa shape index (κ2) is 6.40. The van der Waals surface area contributed by atoms with Gasteiger partial charge in [-0.3, -0.25) is 4.79 Å². The monoisotopic (exact) mass is 307 g/mol. The molecule has 116 valence electrons. The van der Waals surface area contributed by atoms with Gasteiger partial charge in [0.2, 0.25) is 0 Å². The van der Waals surface area contributed by atoms with E-state index in [1.165, 1.54) is 0 Å². The lowest BCUT2D eigenvalue weighted by atomic mass is 10.0. The molecular formula is C19H17NO3. The van der Waals surface area contributed by atoms with Gasteiger partial charge in [-0.1, -0.05) is 36.4 Å². The van der Waals surface area contributed by atoms with Crippen molar-refractivity contribution in [1.29, 1.82) is 0 Å². The quantitative estimate of drug-likeness (QED) is 0.789. The molecule has 1 N–H and O–H groups in total. The van der Waals surface area contributed by atoms with Crippen LogP contribution in [-0.4, -0.2) is 20.1 Å². The van der Waals surface area contributed by atoms with E-state index in [9.17, 15) is 4.79 Å². The number of rotatable bonds is 4. The first kappa shape index (κ1) is 14.9. The summed E-state index contributed by atoms with van der Waals surface area (Å²) in [7, 11) is 3.14. The summed E-state index contributed by atoms with van der Waals surface area (Å²) >= 11 is 0. The van der Waals surface area contributed by atoms with Gasteiger partial charge in [0.1, 0.15) is 0 Å². The van der Waals surface area contributed by atoms with Crippen LogP contribution in [0, 0.1) is 0 Å². The van der Waals surface area contributed by atoms with Gasteiger partial charge in [-0.15, -0.1) is 0 Å². The lowest BCUT2D eigenvalue weighted by molar-refractivity contribution is 0.102. The molecule has 1 amide bonds. The van der Waals surface area contributed by atoms with Crippen molar-refractivity contribution < 1.29 is 14.3 Å². The topological polar surface area (TPSA) is 47.6 Å². The van der Waals surface area contributed by atoms with E-state index in [0.29, 0.717) is 22.7 Å². The number of carbonyl (C=O) groups excluding carboxylic acids is 1. The molecular weight excluding hydrogens is 290 g/mol. The Morgan fingerprint density at radius 1 is 0.870 bits per heavy atom. The number of anilines is 1. The maximum atomic E-state index is 12.6. The van der Waals surface area contributed by atoms with Crippen molar-refractivity contribution in [3.63, 3.8) is 0 Å². The molecule has 0 aliphatic heterocycles. The predicted octanol–water partition coefficient (Wildman–Crippen LogP) is 4.11. The van der Waals surface area contributed by atoms with Crippen LogP contribution in [0.5, 0.6) is 11.5 Å². The van der Waals surface area contributed by atoms with Gasteiger partial charge in [0.05, 0.1) is 14.2 Å². The zero-order valence-corrected chi connectivity index (χ0v) is 13.0. The highest BCUT2D eigenvalue weighted by molar-refractivity contribution is 6.13. The fourth-order valence-corrected chi connectivity index (χ4v) is 2.54. The lowest BCUT2D eigenvalue weighted by Crippen LogP contribution is -2.12. The minimum Gasteiger partial charge on any atom is -0.493 e. The molecule has 3 aromatic carbocycles. The van der Waals surface area contributed by atoms with Gasteiger partial charge < -0.3 is 14.8 Å². The number of benzene rings is 3. The first-order valence-corrected chi connectivity index (χ1v) is 7.24. The molecule has 23 heavy (non-hydrogen) atoms. The molecule has 0 spiro atoms. The average molecular weight is 307 g/mol. The summed E-state index contributed by atoms with van der Waals surface area (Å²) in [6, 6.07) is 18.8. The van der Waals surface area contributed by atoms with Gasteiger partial charge in [0.15, 0.2) is 11.5 Å². The highest BCUT2D eigenvalue weighted by atomic mass is 16.5. The number of amides is 1. The fourth-order valence-electron chi connectivity index (χ4n) is 2.54. The molecule has 0 saturated heterocycles. The molecule has 0 aliphatic carbocycles. The summed E-state index contributed by atoms with van der Waals surface area (Å²) in [5.74, 6) is 1.04. The van der Waals surface area contributed by atoms with Crippen LogP contribution >= 0.6 is 0 Å². The molecule has 0 aliphatic rings. The van der Waals surface area contributed by atoms with Gasteiger partial charge in [-0.05, 0) is 29.0 Å². The molecule has 0 aromatic heterocycles. The van der Waals surface area contributed by atoms with Crippen LogP contribution in [0.1, 0.15) is 10.4 Å². The van der Waals surface area contributed by atoms with Gasteiger partial charge in [-0.2, -0.15) is 0 Å². The molecule has 0 heterocycles. The number of ether oxygens (including phenoxy) is 2. The van der Waals surface area contributed by atoms with E-state index in [1.54, 1.807) is 32.4 Å². The predicted molar refractivity (Wildman–Crippen MR) is 91.4 cm³/mol. The number of hydrogen-bond donors (Lipinski definition) is 1. The molecule has 3 rings (SSSR count). The summed E-state index contributed by atoms with van der Waals surface area (Å²) in [6.07, 6.45) is 0. The van der Waals surface area contributed by atoms with Crippen LogP contribution < -0.4 is 14.8 Å². The second-order valence-corrected chi connectivity index (χ2v) is 5.05. The third-order valence-electron chi connectivity index (χ3n) is 3.68. The maximum absolute atomic E-state index is 12.6. The normalized spacial score (nSPS) is 10.3. The Morgan fingerprint density at radius 3 is 2.39 bits per heavy atom. The van der Waals surface area contributed by atoms with Crippen molar-refractivity contribution in [2.75, 3.05) is 19.5 Å². The Labute approximate surface area is 134 Å². The molecule has 4 nitrogen and oxygen atoms in total. The number of hydrogen-bond acceptors (Lipinski definition) is 3. The summed E-state index contributed by atoms with van der Waals surface area (Å²) in [4.78, 5) is 12.6. The average Bonchev–Trinajstić information content (AvgIpc) is 2.61. The maximum Gasteiger partial charge on any atom is 0.256 e. The van der Waals surface area contributed by atoms with E-state index in [0.717, 1.165) is 10.8 Å². The first-order chi connectivity index (χ1) is 11.2. The number of carbonyl (C=O) groups is 1. The standard InChI is InChI=1S/C19H17NO3/c1-22-17-11-10-14(12-18(17)23-2)20-19(21)16-9-5-7-13-6-3-4-8-15(13)16/h3-12H,1-2H3,(H,20,21). The SMILES string of the molecule is COc1ccc(NC(=O)c2cccc3ccccc23)cc1OC. The largest absolute Gasteiger partial charge is 0.493 e. The van der Waals surface area contributed by atoms with E-state index in [1.807, 2.05) is 42.5 Å². The highest BCUT2D eigenvalue weighted by Gasteiger charge is 2.11. The Balaban J connectivity index is 1.92. The summed E-state index contributed by atoms with van der Waals surface area (Å²) in [5.41, 5.74) is 1.29. The number of fused-ring (bicyclic) bond motifs is 1. The molecule has 0 bridgehead atoms. The van der Waals surface area contributed by atoms with Crippen LogP contribution in [0.3, 0.4) is 0 Å². The van der Waals surface area contributed by atoms with Crippen LogP contribution in [-0.2, 0) is 0 Å². The van der Waals surface area contributed by atoms with Crippen molar-refractivity contribution in [1.82, 2.24) is 0 Å². The Kier molecular flexibility index (Phi) is 4.15. The molecule has 0 fully saturated rings. The molecule has 4 heteroatoms. The zero-order chi connectivity index (χ0) is 16.2. The smallest absolute Gasteiger partial charge is 0.256 e. The van der Waals surface area contributed by atoms with E-state index in [2.05, 4.69) is 5.32 Å². The third kappa shape index (κ3) is 2.97. The van der Waals surface area contributed by atoms with Crippen LogP contribution in [0.2, 0.25) is 0 Å². The zero-order valence-electron chi connectivity index (χ0n) is 13.0. The van der Waals surface area contributed by atoms with Crippen LogP contribution in [0.25, 0.3) is 10.8 Å². The van der Waals surface area contributed by atoms with E-state index in [-0.39, 0.29) is 5.91 Å². The van der Waals surface area contributed by atoms with Crippen molar-refractivity contribution in [2.24, 2.45) is 0 Å². The Hall–Kier alpha value is -3.01. The van der Waals surface area contributed by atoms with Crippen molar-refractivity contribution in [3.05, 3.63) is 66.2 Å². The van der Waals surface area contributed by atoms with E-state index < -0.39 is 0 Å². The summed E-state index contributed by atoms with van der Waals surface area (Å²) in [6.45, 7) is 0. The van der Waals surface area contributed by atoms with E-state index in [4.69, 9.17) is 9.47 Å². The minimum absolute atomic E-state index is 0.158. The van der Waals surface area contributed by atoms with Gasteiger partial charge in [0, 0.05) is 17.3 Å². The first-order valence-electron chi connectivity index (χ1n) is 7.24. The van der Waals surface area contributed by atoms with Crippen LogP contribution in [0.4, 0.5) is 5.69 Å². The summed E-state index contributed by atoms with van der Waals surface area (Å²) < 4.78 is 10.5. The molecule has 0 saturated carbocycles. The fraction of sp³-hybridized carbons (Fsp3) is 0.105. The highest BCUT2D eigenvalue weighted by Crippen LogP contribution is 2.30. The Bertz CT molecular complexity index is 853. The van der Waals surface area contributed by atoms with Gasteiger partial charge >= 0.3 is 0 Å². The van der Waals surface area contributed by atoms with Gasteiger partial charge in [-0.25, -0.2) is 0 Å². The van der Waals surface area contributed by atoms with Crippen molar-refractivity contribution >= 4 is 22.4 Å². The van der Waals surface area contributed by atoms with Crippen molar-refractivity contribution in [2.45, 2.75) is 0 Å². The summed E-state index contributed by atoms with van der Waals surface area (Å²) in [5, 5.41) is 4.86. The van der Waals surface area contributed by atoms with Gasteiger partial charge in [0.25, 0.3) is 5.91 Å².